The first-order valence-electron chi connectivity index (χ1n) is 11.0. The van der Waals surface area contributed by atoms with Gasteiger partial charge in [0.05, 0.1) is 19.0 Å². The van der Waals surface area contributed by atoms with E-state index in [1.165, 1.54) is 20.2 Å². The van der Waals surface area contributed by atoms with E-state index < -0.39 is 25.1 Å². The maximum atomic E-state index is 14.2. The number of anilines is 1. The van der Waals surface area contributed by atoms with Crippen LogP contribution in [0.2, 0.25) is 5.02 Å². The molecule has 0 bridgehead atoms. The van der Waals surface area contributed by atoms with Gasteiger partial charge in [0, 0.05) is 11.1 Å². The molecule has 13 heteroatoms. The zero-order valence-corrected chi connectivity index (χ0v) is 22.0. The number of ether oxygens (including phenoxy) is 1. The Hall–Kier alpha value is -2.56. The van der Waals surface area contributed by atoms with Crippen LogP contribution in [0.15, 0.2) is 36.9 Å². The molecule has 2 heterocycles. The SMILES string of the molecule is CC(Cn1cnc2c(N)ncnc21)OCP(=O)(NC(C)(C)C(=O)O)N(C)C(C)c1ccc(Cl)cc1. The zero-order chi connectivity index (χ0) is 26.0. The molecule has 4 N–H and O–H groups in total. The highest BCUT2D eigenvalue weighted by molar-refractivity contribution is 7.59. The van der Waals surface area contributed by atoms with Gasteiger partial charge in [-0.25, -0.2) is 24.7 Å². The fourth-order valence-corrected chi connectivity index (χ4v) is 6.16. The lowest BCUT2D eigenvalue weighted by atomic mass is 10.1. The van der Waals surface area contributed by atoms with Crippen LogP contribution >= 0.6 is 19.0 Å². The Balaban J connectivity index is 1.80. The van der Waals surface area contributed by atoms with Gasteiger partial charge in [-0.2, -0.15) is 0 Å². The Kier molecular flexibility index (Phi) is 8.18. The van der Waals surface area contributed by atoms with E-state index >= 15 is 0 Å². The summed E-state index contributed by atoms with van der Waals surface area (Å²) in [7, 11) is -1.86. The van der Waals surface area contributed by atoms with Gasteiger partial charge >= 0.3 is 5.97 Å². The lowest BCUT2D eigenvalue weighted by Crippen LogP contribution is -2.48. The molecule has 11 nitrogen and oxygen atoms in total. The van der Waals surface area contributed by atoms with Crippen molar-refractivity contribution in [2.45, 2.75) is 51.9 Å². The van der Waals surface area contributed by atoms with Crippen LogP contribution in [0.25, 0.3) is 11.2 Å². The van der Waals surface area contributed by atoms with Crippen molar-refractivity contribution >= 4 is 42.0 Å². The number of hydrogen-bond donors (Lipinski definition) is 3. The number of halogens is 1. The number of rotatable bonds is 11. The normalized spacial score (nSPS) is 15.7. The predicted octanol–water partition coefficient (Wildman–Crippen LogP) is 3.76. The van der Waals surface area contributed by atoms with E-state index in [1.54, 1.807) is 34.7 Å². The topological polar surface area (TPSA) is 148 Å². The Labute approximate surface area is 209 Å². The monoisotopic (exact) mass is 523 g/mol. The van der Waals surface area contributed by atoms with Crippen LogP contribution in [-0.2, 0) is 20.6 Å². The second kappa shape index (κ2) is 10.6. The first-order chi connectivity index (χ1) is 16.3. The minimum Gasteiger partial charge on any atom is -0.480 e. The molecule has 3 aromatic rings. The maximum absolute atomic E-state index is 14.2. The van der Waals surface area contributed by atoms with Crippen molar-refractivity contribution in [2.24, 2.45) is 0 Å². The molecule has 0 aliphatic heterocycles. The van der Waals surface area contributed by atoms with Crippen molar-refractivity contribution in [3.63, 3.8) is 0 Å². The van der Waals surface area contributed by atoms with E-state index in [1.807, 2.05) is 26.0 Å². The molecule has 0 amide bonds. The third-order valence-electron chi connectivity index (χ3n) is 5.83. The largest absolute Gasteiger partial charge is 0.480 e. The highest BCUT2D eigenvalue weighted by Crippen LogP contribution is 2.51. The van der Waals surface area contributed by atoms with E-state index in [-0.39, 0.29) is 18.2 Å². The molecule has 3 atom stereocenters. The van der Waals surface area contributed by atoms with Gasteiger partial charge in [0.1, 0.15) is 23.7 Å². The number of hydrogen-bond acceptors (Lipinski definition) is 7. The standard InChI is InChI=1S/C22H31ClN7O4P/c1-14(10-30-12-27-18-19(24)25-11-26-20(18)30)34-13-35(33,28-22(3,4)21(31)32)29(5)15(2)16-6-8-17(23)9-7-16/h6-9,11-12,14-15H,10,13H2,1-5H3,(H,28,33)(H,31,32)(H2,24,25,26). The number of carboxylic acid groups (broad SMARTS) is 1. The molecular formula is C22H31ClN7O4P. The van der Waals surface area contributed by atoms with Crippen LogP contribution in [0.3, 0.4) is 0 Å². The molecule has 0 fully saturated rings. The fraction of sp³-hybridized carbons (Fsp3) is 0.455. The summed E-state index contributed by atoms with van der Waals surface area (Å²) in [4.78, 5) is 24.2. The Morgan fingerprint density at radius 2 is 1.94 bits per heavy atom. The van der Waals surface area contributed by atoms with E-state index in [9.17, 15) is 14.5 Å². The predicted molar refractivity (Wildman–Crippen MR) is 135 cm³/mol. The molecule has 0 radical (unpaired) electrons. The number of carbonyl (C=O) groups is 1. The number of benzene rings is 1. The Morgan fingerprint density at radius 3 is 2.57 bits per heavy atom. The average Bonchev–Trinajstić information content (AvgIpc) is 3.21. The Morgan fingerprint density at radius 1 is 1.29 bits per heavy atom. The lowest BCUT2D eigenvalue weighted by molar-refractivity contribution is -0.142. The van der Waals surface area contributed by atoms with Crippen molar-refractivity contribution in [3.8, 4) is 0 Å². The lowest BCUT2D eigenvalue weighted by Gasteiger charge is -2.38. The molecule has 190 valence electrons. The van der Waals surface area contributed by atoms with Gasteiger partial charge in [-0.1, -0.05) is 23.7 Å². The number of aliphatic carboxylic acids is 1. The first kappa shape index (κ1) is 27.0. The first-order valence-corrected chi connectivity index (χ1v) is 13.2. The summed E-state index contributed by atoms with van der Waals surface area (Å²) < 4.78 is 23.6. The van der Waals surface area contributed by atoms with Gasteiger partial charge < -0.3 is 20.1 Å². The van der Waals surface area contributed by atoms with E-state index in [0.717, 1.165) is 5.56 Å². The highest BCUT2D eigenvalue weighted by atomic mass is 35.5. The smallest absolute Gasteiger partial charge is 0.323 e. The van der Waals surface area contributed by atoms with Crippen molar-refractivity contribution in [3.05, 3.63) is 47.5 Å². The number of aromatic nitrogens is 4. The summed E-state index contributed by atoms with van der Waals surface area (Å²) in [5.41, 5.74) is 6.33. The van der Waals surface area contributed by atoms with Crippen LogP contribution in [0.1, 0.15) is 39.3 Å². The molecule has 3 unspecified atom stereocenters. The number of imidazole rings is 1. The van der Waals surface area contributed by atoms with E-state index in [4.69, 9.17) is 22.1 Å². The van der Waals surface area contributed by atoms with Crippen LogP contribution in [0, 0.1) is 0 Å². The molecule has 35 heavy (non-hydrogen) atoms. The summed E-state index contributed by atoms with van der Waals surface area (Å²) in [6, 6.07) is 6.89. The molecular weight excluding hydrogens is 493 g/mol. The summed E-state index contributed by atoms with van der Waals surface area (Å²) in [5.74, 6) is -0.842. The number of fused-ring (bicyclic) bond motifs is 1. The number of nitrogen functional groups attached to an aromatic ring is 1. The van der Waals surface area contributed by atoms with Gasteiger partial charge in [0.15, 0.2) is 11.5 Å². The summed E-state index contributed by atoms with van der Waals surface area (Å²) in [5, 5.41) is 13.1. The summed E-state index contributed by atoms with van der Waals surface area (Å²) in [6.07, 6.45) is 2.34. The minimum absolute atomic E-state index is 0.219. The number of carboxylic acids is 1. The number of nitrogens with one attached hydrogen (secondary N) is 1. The van der Waals surface area contributed by atoms with Gasteiger partial charge in [-0.3, -0.25) is 9.36 Å². The second-order valence-corrected chi connectivity index (χ2v) is 11.9. The fourth-order valence-electron chi connectivity index (χ4n) is 3.51. The number of nitrogens with two attached hydrogens (primary N) is 1. The highest BCUT2D eigenvalue weighted by Gasteiger charge is 2.40. The molecule has 2 aromatic heterocycles. The number of nitrogens with zero attached hydrogens (tertiary/aromatic N) is 5. The van der Waals surface area contributed by atoms with Crippen molar-refractivity contribution < 1.29 is 19.2 Å². The van der Waals surface area contributed by atoms with Gasteiger partial charge in [-0.05, 0) is 52.4 Å². The summed E-state index contributed by atoms with van der Waals surface area (Å²) >= 11 is 6.01. The molecule has 3 rings (SSSR count). The van der Waals surface area contributed by atoms with Crippen molar-refractivity contribution in [1.82, 2.24) is 29.3 Å². The maximum Gasteiger partial charge on any atom is 0.323 e. The minimum atomic E-state index is -3.54. The molecule has 1 aromatic carbocycles. The van der Waals surface area contributed by atoms with Crippen LogP contribution in [0.5, 0.6) is 0 Å². The van der Waals surface area contributed by atoms with Gasteiger partial charge in [0.25, 0.3) is 0 Å². The van der Waals surface area contributed by atoms with Gasteiger partial charge in [-0.15, -0.1) is 0 Å². The molecule has 0 saturated carbocycles. The quantitative estimate of drug-likeness (QED) is 0.317. The van der Waals surface area contributed by atoms with Crippen molar-refractivity contribution in [2.75, 3.05) is 19.1 Å². The third-order valence-corrected chi connectivity index (χ3v) is 8.85. The van der Waals surface area contributed by atoms with Gasteiger partial charge in [0.2, 0.25) is 7.44 Å². The van der Waals surface area contributed by atoms with E-state index in [2.05, 4.69) is 20.0 Å². The summed E-state index contributed by atoms with van der Waals surface area (Å²) in [6.45, 7) is 7.01. The van der Waals surface area contributed by atoms with Crippen LogP contribution < -0.4 is 10.8 Å². The average molecular weight is 524 g/mol. The van der Waals surface area contributed by atoms with Crippen molar-refractivity contribution in [1.29, 1.82) is 0 Å². The molecule has 0 saturated heterocycles. The van der Waals surface area contributed by atoms with Crippen LogP contribution in [-0.4, -0.2) is 60.3 Å². The molecule has 0 aliphatic rings. The molecule has 0 aliphatic carbocycles. The molecule has 0 spiro atoms. The zero-order valence-electron chi connectivity index (χ0n) is 20.3. The third kappa shape index (κ3) is 6.17. The Bertz CT molecular complexity index is 1230. The van der Waals surface area contributed by atoms with Crippen LogP contribution in [0.4, 0.5) is 5.82 Å². The second-order valence-electron chi connectivity index (χ2n) is 8.98. The van der Waals surface area contributed by atoms with E-state index in [0.29, 0.717) is 22.7 Å².